The molecule has 0 fully saturated rings. The Morgan fingerprint density at radius 3 is 2.90 bits per heavy atom. The van der Waals surface area contributed by atoms with Crippen molar-refractivity contribution in [3.05, 3.63) is 0 Å². The van der Waals surface area contributed by atoms with Gasteiger partial charge in [-0.1, -0.05) is 0 Å². The largest absolute Gasteiger partial charge is 0.372 e. The summed E-state index contributed by atoms with van der Waals surface area (Å²) < 4.78 is 28.0. The average molecular weight is 150 g/mol. The van der Waals surface area contributed by atoms with Crippen molar-refractivity contribution in [2.75, 3.05) is 19.8 Å². The maximum atomic E-state index is 11.6. The van der Waals surface area contributed by atoms with Gasteiger partial charge in [0.25, 0.3) is 0 Å². The van der Waals surface area contributed by atoms with Gasteiger partial charge in [0.15, 0.2) is 0 Å². The number of amidine groups is 1. The molecular weight excluding hydrogens is 142 g/mol. The maximum Gasteiger partial charge on any atom is 0.313 e. The fourth-order valence-corrected chi connectivity index (χ4v) is 0.673. The van der Waals surface area contributed by atoms with Gasteiger partial charge in [-0.15, -0.1) is 0 Å². The number of alkyl halides is 2. The minimum Gasteiger partial charge on any atom is -0.372 e. The highest BCUT2D eigenvalue weighted by Gasteiger charge is 2.08. The molecular formula is C5H8F2N2O. The molecule has 1 heterocycles. The molecule has 0 unspecified atom stereocenters. The van der Waals surface area contributed by atoms with E-state index in [-0.39, 0.29) is 12.4 Å². The van der Waals surface area contributed by atoms with E-state index in [9.17, 15) is 8.78 Å². The van der Waals surface area contributed by atoms with Gasteiger partial charge < -0.3 is 10.1 Å². The molecule has 5 heteroatoms. The van der Waals surface area contributed by atoms with E-state index in [1.807, 2.05) is 5.32 Å². The quantitative estimate of drug-likeness (QED) is 0.543. The zero-order valence-electron chi connectivity index (χ0n) is 5.31. The minimum absolute atomic E-state index is 0.171. The molecule has 1 N–H and O–H groups in total. The maximum absolute atomic E-state index is 11.6. The number of hydrogen-bond acceptors (Lipinski definition) is 3. The molecule has 0 saturated heterocycles. The lowest BCUT2D eigenvalue weighted by Crippen LogP contribution is -2.35. The highest BCUT2D eigenvalue weighted by atomic mass is 19.3. The highest BCUT2D eigenvalue weighted by Crippen LogP contribution is 1.92. The Morgan fingerprint density at radius 1 is 1.60 bits per heavy atom. The van der Waals surface area contributed by atoms with Gasteiger partial charge in [-0.25, -0.2) is 0 Å². The minimum atomic E-state index is -2.54. The summed E-state index contributed by atoms with van der Waals surface area (Å²) in [4.78, 5) is 3.77. The van der Waals surface area contributed by atoms with Crippen LogP contribution in [0.15, 0.2) is 4.99 Å². The van der Waals surface area contributed by atoms with E-state index < -0.39 is 6.55 Å². The van der Waals surface area contributed by atoms with E-state index >= 15 is 0 Å². The first-order chi connectivity index (χ1) is 4.79. The molecule has 0 saturated carbocycles. The molecule has 1 rings (SSSR count). The molecule has 0 bridgehead atoms. The summed E-state index contributed by atoms with van der Waals surface area (Å²) in [5.41, 5.74) is 0. The van der Waals surface area contributed by atoms with Gasteiger partial charge in [0.1, 0.15) is 12.4 Å². The molecule has 0 radical (unpaired) electrons. The lowest BCUT2D eigenvalue weighted by atomic mass is 10.5. The normalized spacial score (nSPS) is 18.9. The van der Waals surface area contributed by atoms with Crippen molar-refractivity contribution in [1.29, 1.82) is 0 Å². The standard InChI is InChI=1S/C5H8F2N2O/c6-5(7)9-4-3-10-2-1-8-4/h5H,1-3H2,(H,8,9). The number of ether oxygens (including phenoxy) is 1. The van der Waals surface area contributed by atoms with Crippen molar-refractivity contribution in [3.63, 3.8) is 0 Å². The number of rotatable bonds is 1. The summed E-state index contributed by atoms with van der Waals surface area (Å²) >= 11 is 0. The smallest absolute Gasteiger partial charge is 0.313 e. The van der Waals surface area contributed by atoms with Crippen LogP contribution in [0.5, 0.6) is 0 Å². The van der Waals surface area contributed by atoms with Crippen molar-refractivity contribution >= 4 is 5.84 Å². The van der Waals surface area contributed by atoms with Gasteiger partial charge in [-0.05, 0) is 0 Å². The number of halogens is 2. The Hall–Kier alpha value is -0.710. The Kier molecular flexibility index (Phi) is 2.56. The third-order valence-corrected chi connectivity index (χ3v) is 1.05. The van der Waals surface area contributed by atoms with Gasteiger partial charge in [0, 0.05) is 0 Å². The number of hydrogen-bond donors (Lipinski definition) is 1. The Balaban J connectivity index is 2.31. The van der Waals surface area contributed by atoms with Crippen molar-refractivity contribution in [3.8, 4) is 0 Å². The topological polar surface area (TPSA) is 33.6 Å². The SMILES string of the molecule is FC(F)NC1=NCCOC1. The Morgan fingerprint density at radius 2 is 2.40 bits per heavy atom. The lowest BCUT2D eigenvalue weighted by Gasteiger charge is -2.13. The second kappa shape index (κ2) is 3.46. The summed E-state index contributed by atoms with van der Waals surface area (Å²) in [6.07, 6.45) is 0. The number of aliphatic imine (C=N–C) groups is 1. The summed E-state index contributed by atoms with van der Waals surface area (Å²) in [6, 6.07) is 0. The zero-order valence-corrected chi connectivity index (χ0v) is 5.31. The first-order valence-corrected chi connectivity index (χ1v) is 2.95. The van der Waals surface area contributed by atoms with Gasteiger partial charge in [-0.3, -0.25) is 4.99 Å². The predicted molar refractivity (Wildman–Crippen MR) is 32.3 cm³/mol. The molecule has 0 aromatic rings. The fraction of sp³-hybridized carbons (Fsp3) is 0.800. The second-order valence-corrected chi connectivity index (χ2v) is 1.83. The summed E-state index contributed by atoms with van der Waals surface area (Å²) in [6.45, 7) is -1.38. The van der Waals surface area contributed by atoms with Crippen LogP contribution in [0, 0.1) is 0 Å². The van der Waals surface area contributed by atoms with Crippen LogP contribution in [0.3, 0.4) is 0 Å². The van der Waals surface area contributed by atoms with Crippen LogP contribution in [-0.2, 0) is 4.74 Å². The molecule has 0 aromatic heterocycles. The molecule has 1 aliphatic heterocycles. The first-order valence-electron chi connectivity index (χ1n) is 2.95. The van der Waals surface area contributed by atoms with Gasteiger partial charge >= 0.3 is 6.55 Å². The van der Waals surface area contributed by atoms with Crippen LogP contribution in [0.4, 0.5) is 8.78 Å². The molecule has 0 atom stereocenters. The average Bonchev–Trinajstić information content (AvgIpc) is 1.88. The molecule has 10 heavy (non-hydrogen) atoms. The van der Waals surface area contributed by atoms with Crippen molar-refractivity contribution in [1.82, 2.24) is 5.32 Å². The van der Waals surface area contributed by atoms with Crippen molar-refractivity contribution in [2.24, 2.45) is 4.99 Å². The van der Waals surface area contributed by atoms with Crippen LogP contribution < -0.4 is 5.32 Å². The van der Waals surface area contributed by atoms with E-state index in [1.165, 1.54) is 0 Å². The number of nitrogens with zero attached hydrogens (tertiary/aromatic N) is 1. The summed E-state index contributed by atoms with van der Waals surface area (Å²) in [5, 5.41) is 1.87. The molecule has 1 aliphatic rings. The lowest BCUT2D eigenvalue weighted by molar-refractivity contribution is 0.119. The monoisotopic (exact) mass is 150 g/mol. The molecule has 3 nitrogen and oxygen atoms in total. The molecule has 0 amide bonds. The van der Waals surface area contributed by atoms with Gasteiger partial charge in [0.2, 0.25) is 0 Å². The van der Waals surface area contributed by atoms with Crippen LogP contribution in [-0.4, -0.2) is 32.1 Å². The summed E-state index contributed by atoms with van der Waals surface area (Å²) in [5.74, 6) is 0.237. The van der Waals surface area contributed by atoms with Crippen LogP contribution in [0.1, 0.15) is 0 Å². The number of nitrogens with one attached hydrogen (secondary N) is 1. The van der Waals surface area contributed by atoms with E-state index in [4.69, 9.17) is 4.74 Å². The predicted octanol–water partition coefficient (Wildman–Crippen LogP) is 0.227. The Labute approximate surface area is 57.1 Å². The summed E-state index contributed by atoms with van der Waals surface area (Å²) in [7, 11) is 0. The van der Waals surface area contributed by atoms with Crippen LogP contribution >= 0.6 is 0 Å². The van der Waals surface area contributed by atoms with Gasteiger partial charge in [-0.2, -0.15) is 8.78 Å². The third kappa shape index (κ3) is 2.26. The third-order valence-electron chi connectivity index (χ3n) is 1.05. The highest BCUT2D eigenvalue weighted by molar-refractivity contribution is 5.83. The zero-order chi connectivity index (χ0) is 7.40. The second-order valence-electron chi connectivity index (χ2n) is 1.83. The molecule has 0 spiro atoms. The van der Waals surface area contributed by atoms with Crippen LogP contribution in [0.2, 0.25) is 0 Å². The van der Waals surface area contributed by atoms with Gasteiger partial charge in [0.05, 0.1) is 13.2 Å². The fourth-order valence-electron chi connectivity index (χ4n) is 0.673. The first kappa shape index (κ1) is 7.40. The Bertz CT molecular complexity index is 138. The molecule has 58 valence electrons. The molecule has 0 aromatic carbocycles. The van der Waals surface area contributed by atoms with E-state index in [1.54, 1.807) is 0 Å². The van der Waals surface area contributed by atoms with Crippen molar-refractivity contribution in [2.45, 2.75) is 6.55 Å². The van der Waals surface area contributed by atoms with E-state index in [0.717, 1.165) is 0 Å². The van der Waals surface area contributed by atoms with E-state index in [0.29, 0.717) is 13.2 Å². The van der Waals surface area contributed by atoms with Crippen LogP contribution in [0.25, 0.3) is 0 Å². The van der Waals surface area contributed by atoms with E-state index in [2.05, 4.69) is 4.99 Å². The molecule has 0 aliphatic carbocycles. The van der Waals surface area contributed by atoms with Crippen molar-refractivity contribution < 1.29 is 13.5 Å².